The van der Waals surface area contributed by atoms with E-state index in [0.717, 1.165) is 227 Å². The van der Waals surface area contributed by atoms with E-state index in [-0.39, 0.29) is 42.6 Å². The van der Waals surface area contributed by atoms with Gasteiger partial charge in [-0.3, -0.25) is 34.9 Å². The molecule has 7 N–H and O–H groups in total. The largest absolute Gasteiger partial charge is 0.491 e. The maximum absolute atomic E-state index is 13.1. The van der Waals surface area contributed by atoms with E-state index in [4.69, 9.17) is 15.1 Å². The van der Waals surface area contributed by atoms with Crippen molar-refractivity contribution in [3.63, 3.8) is 0 Å². The number of aromatic nitrogens is 12. The molecule has 12 rings (SSSR count). The van der Waals surface area contributed by atoms with Crippen LogP contribution in [0.1, 0.15) is 153 Å². The smallest absolute Gasteiger partial charge is 0.242 e. The van der Waals surface area contributed by atoms with Crippen LogP contribution in [0, 0.1) is 34.6 Å². The van der Waals surface area contributed by atoms with Crippen LogP contribution < -0.4 is 9.42 Å². The summed E-state index contributed by atoms with van der Waals surface area (Å²) in [6, 6.07) is 43.8. The molecule has 0 amide bonds. The molecule has 6 aromatic carbocycles. The first-order valence-corrected chi connectivity index (χ1v) is 42.6. The molecule has 0 bridgehead atoms. The van der Waals surface area contributed by atoms with Crippen LogP contribution in [0.3, 0.4) is 0 Å². The number of aliphatic hydroxyl groups excluding tert-OH is 2. The van der Waals surface area contributed by atoms with E-state index >= 15 is 0 Å². The predicted octanol–water partition coefficient (Wildman–Crippen LogP) is 18.2. The number of benzene rings is 6. The first-order valence-electron chi connectivity index (χ1n) is 42.6. The van der Waals surface area contributed by atoms with Gasteiger partial charge in [0.1, 0.15) is 35.6 Å². The van der Waals surface area contributed by atoms with Crippen LogP contribution in [-0.2, 0) is 52.4 Å². The van der Waals surface area contributed by atoms with Gasteiger partial charge in [0, 0.05) is 101 Å². The number of nitrogens with zero attached hydrogens (tertiary/aromatic N) is 14. The molecule has 0 aliphatic heterocycles. The lowest BCUT2D eigenvalue weighted by Gasteiger charge is -2.20. The van der Waals surface area contributed by atoms with E-state index in [9.17, 15) is 22.7 Å². The van der Waals surface area contributed by atoms with E-state index in [2.05, 4.69) is 182 Å². The molecule has 6 heterocycles. The number of nitrogens with one attached hydrogen (secondary N) is 5. The fraction of sp³-hybridized carbons (Fsp3) is 0.421. The zero-order valence-corrected chi connectivity index (χ0v) is 73.7. The van der Waals surface area contributed by atoms with Gasteiger partial charge >= 0.3 is 0 Å². The zero-order chi connectivity index (χ0) is 87.4. The summed E-state index contributed by atoms with van der Waals surface area (Å²) < 4.78 is 61.5. The molecule has 26 heteroatoms. The lowest BCUT2D eigenvalue weighted by Crippen LogP contribution is -2.39. The van der Waals surface area contributed by atoms with E-state index < -0.39 is 0 Å². The van der Waals surface area contributed by atoms with Gasteiger partial charge in [0.2, 0.25) is 5.69 Å². The van der Waals surface area contributed by atoms with Crippen LogP contribution >= 0.6 is 0 Å². The number of H-pyrrole nitrogens is 5. The van der Waals surface area contributed by atoms with Crippen LogP contribution in [-0.4, -0.2) is 195 Å². The van der Waals surface area contributed by atoms with Crippen molar-refractivity contribution >= 4 is 0 Å². The second-order valence-corrected chi connectivity index (χ2v) is 30.6. The van der Waals surface area contributed by atoms with Crippen molar-refractivity contribution in [2.45, 2.75) is 173 Å². The summed E-state index contributed by atoms with van der Waals surface area (Å²) in [5.41, 5.74) is 19.6. The molecule has 0 aliphatic rings. The van der Waals surface area contributed by atoms with Gasteiger partial charge in [-0.2, -0.15) is 35.9 Å². The maximum Gasteiger partial charge on any atom is 0.242 e. The average molecular weight is 1660 g/mol. The summed E-state index contributed by atoms with van der Waals surface area (Å²) in [7, 11) is 8.40. The Bertz CT molecular complexity index is 4820. The number of aromatic amines is 5. The Hall–Kier alpha value is -10.7. The highest BCUT2D eigenvalue weighted by molar-refractivity contribution is 5.67. The van der Waals surface area contributed by atoms with Crippen LogP contribution in [0.5, 0.6) is 5.75 Å². The van der Waals surface area contributed by atoms with Crippen LogP contribution in [0.2, 0.25) is 0 Å². The number of hydrogen-bond donors (Lipinski definition) is 7. The van der Waals surface area contributed by atoms with Gasteiger partial charge in [0.15, 0.2) is 6.54 Å². The number of hydrogen-bond acceptors (Lipinski definition) is 15. The molecule has 0 radical (unpaired) electrons. The molecular formula is C95H130F4N19O3+. The van der Waals surface area contributed by atoms with E-state index in [1.807, 2.05) is 92.1 Å². The number of halogens is 4. The number of nitriles is 1. The van der Waals surface area contributed by atoms with Crippen molar-refractivity contribution < 1.29 is 37.2 Å². The normalized spacial score (nSPS) is 11.2. The molecular weight excluding hydrogens is 1530 g/mol. The highest BCUT2D eigenvalue weighted by Gasteiger charge is 2.23. The number of ether oxygens (including phenoxy) is 1. The van der Waals surface area contributed by atoms with Crippen molar-refractivity contribution in [3.05, 3.63) is 245 Å². The van der Waals surface area contributed by atoms with Gasteiger partial charge in [-0.25, -0.2) is 17.6 Å². The standard InChI is InChI=1S/C17H25N3O.2C16H22FN3O.C16H22FN3.C15H20FN3.C15H18N4/c1-5-10-20(4)12-15-11-18-19-17(15)14-6-8-16(9-7-14)21-13(2)3;1-3-8-19(2)11-14-12-20(9-10-21)18-16(14)13-4-6-15(17)7-5-13;1-3-8-19(2)12-14-11-18-20(9-10-21)16(14)13-4-6-15(17)7-5-13;1-3-9-20(10-4-2)12-14-11-18-19-16(14)13-5-7-15(17)8-6-13;1-3-9-19(4-2)11-13-10-17-18-15(13)12-5-7-14(16)8-6-12;1-3-8-19(2)11-14-10-17-18-15(14)13-6-4-12(9-16)5-7-13/h6-9,11,13H,5,10,12H2,1-4H3,(H,18,19);4-7,12,21H,3,8-11H2,1-2H3;4-7,11,21H,3,8-10,12H2,1-2H3;5-8,11H,3-4,9-10,12H2,1-2H3,(H,18,19);5-8,10H,3-4,9,11H2,1-2H3,(H,17,18);4-7,10H,3,8,11H2,1-2H3,(H,17,18)/p+1. The molecule has 6 aromatic heterocycles. The molecule has 0 aliphatic carbocycles. The third-order valence-electron chi connectivity index (χ3n) is 19.7. The Kier molecular flexibility index (Phi) is 42.8. The minimum atomic E-state index is -0.252. The van der Waals surface area contributed by atoms with Gasteiger partial charge in [0.05, 0.1) is 95.9 Å². The van der Waals surface area contributed by atoms with Crippen molar-refractivity contribution in [2.24, 2.45) is 0 Å². The van der Waals surface area contributed by atoms with Gasteiger partial charge in [-0.15, -0.1) is 4.68 Å². The second-order valence-electron chi connectivity index (χ2n) is 30.6. The van der Waals surface area contributed by atoms with Gasteiger partial charge in [-0.1, -0.05) is 67.5 Å². The second kappa shape index (κ2) is 53.1. The predicted molar refractivity (Wildman–Crippen MR) is 478 cm³/mol. The zero-order valence-electron chi connectivity index (χ0n) is 73.7. The summed E-state index contributed by atoms with van der Waals surface area (Å²) in [6.45, 7) is 36.1. The minimum Gasteiger partial charge on any atom is -0.491 e. The Labute approximate surface area is 714 Å². The number of rotatable bonds is 39. The fourth-order valence-electron chi connectivity index (χ4n) is 14.2. The monoisotopic (exact) mass is 1660 g/mol. The van der Waals surface area contributed by atoms with Gasteiger partial charge in [-0.05, 0) is 278 Å². The maximum atomic E-state index is 13.1. The van der Waals surface area contributed by atoms with Crippen molar-refractivity contribution in [3.8, 4) is 79.4 Å². The molecule has 0 atom stereocenters. The van der Waals surface area contributed by atoms with Gasteiger partial charge in [0.25, 0.3) is 0 Å². The van der Waals surface area contributed by atoms with E-state index in [0.29, 0.717) is 18.7 Å². The molecule has 121 heavy (non-hydrogen) atoms. The average Bonchev–Trinajstić information content (AvgIpc) is 1.69. The van der Waals surface area contributed by atoms with Gasteiger partial charge < -0.3 is 34.5 Å². The molecule has 0 fully saturated rings. The SMILES string of the molecule is CCCN(C)Cc1c[nH][n+](CCO)c1-c1ccc(F)cc1.CCCN(C)Cc1cn(CCO)nc1-c1ccc(F)cc1.CCCN(C)Cc1cn[nH]c1-c1ccc(C#N)cc1.CCCN(C)Cc1cn[nH]c1-c1ccc(OC(C)C)cc1.CCCN(CC)Cc1cn[nH]c1-c1ccc(F)cc1.CCCN(CCC)Cc1cn[nH]c1-c1ccc(F)cc1. The minimum absolute atomic E-state index is 0.0504. The summed E-state index contributed by atoms with van der Waals surface area (Å²) in [4.78, 5) is 13.9. The lowest BCUT2D eigenvalue weighted by molar-refractivity contribution is -0.741. The van der Waals surface area contributed by atoms with Crippen molar-refractivity contribution in [1.82, 2.24) is 85.1 Å². The highest BCUT2D eigenvalue weighted by Crippen LogP contribution is 2.30. The molecule has 650 valence electrons. The third kappa shape index (κ3) is 32.3. The van der Waals surface area contributed by atoms with Crippen molar-refractivity contribution in [2.75, 3.05) is 93.8 Å². The summed E-state index contributed by atoms with van der Waals surface area (Å²) in [5.74, 6) is -0.0249. The molecule has 0 saturated heterocycles. The Morgan fingerprint density at radius 1 is 0.421 bits per heavy atom. The van der Waals surface area contributed by atoms with E-state index in [1.165, 1.54) is 65.2 Å². The Balaban J connectivity index is 0.000000200. The van der Waals surface area contributed by atoms with E-state index in [1.54, 1.807) is 53.2 Å². The quantitative estimate of drug-likeness (QED) is 0.0140. The van der Waals surface area contributed by atoms with Crippen LogP contribution in [0.25, 0.3) is 67.5 Å². The molecule has 0 spiro atoms. The molecule has 12 aromatic rings. The third-order valence-corrected chi connectivity index (χ3v) is 19.7. The summed E-state index contributed by atoms with van der Waals surface area (Å²) in [6.07, 6.45) is 19.5. The first-order chi connectivity index (χ1) is 58.6. The van der Waals surface area contributed by atoms with Crippen LogP contribution in [0.4, 0.5) is 17.6 Å². The summed E-state index contributed by atoms with van der Waals surface area (Å²) in [5, 5.41) is 63.6. The molecule has 22 nitrogen and oxygen atoms in total. The lowest BCUT2D eigenvalue weighted by atomic mass is 10.1. The molecule has 0 unspecified atom stereocenters. The Morgan fingerprint density at radius 3 is 1.12 bits per heavy atom. The Morgan fingerprint density at radius 2 is 0.760 bits per heavy atom. The number of aliphatic hydroxyl groups is 2. The van der Waals surface area contributed by atoms with Crippen LogP contribution in [0.15, 0.2) is 183 Å². The first kappa shape index (κ1) is 97.4. The summed E-state index contributed by atoms with van der Waals surface area (Å²) >= 11 is 0. The molecule has 0 saturated carbocycles. The fourth-order valence-corrected chi connectivity index (χ4v) is 14.2. The van der Waals surface area contributed by atoms with Crippen molar-refractivity contribution in [1.29, 1.82) is 5.26 Å². The highest BCUT2D eigenvalue weighted by atomic mass is 19.1. The topological polar surface area (TPSA) is 245 Å².